The lowest BCUT2D eigenvalue weighted by Crippen LogP contribution is -2.32. The van der Waals surface area contributed by atoms with Crippen molar-refractivity contribution in [1.82, 2.24) is 9.78 Å². The summed E-state index contributed by atoms with van der Waals surface area (Å²) >= 11 is 0. The zero-order chi connectivity index (χ0) is 21.5. The number of hydrogen-bond acceptors (Lipinski definition) is 5. The minimum atomic E-state index is -0.444. The first-order valence-electron chi connectivity index (χ1n) is 10.3. The van der Waals surface area contributed by atoms with Crippen molar-refractivity contribution >= 4 is 23.2 Å². The van der Waals surface area contributed by atoms with Gasteiger partial charge in [0.2, 0.25) is 0 Å². The van der Waals surface area contributed by atoms with Gasteiger partial charge in [0, 0.05) is 23.4 Å². The topological polar surface area (TPSA) is 96.3 Å². The molecule has 1 aliphatic carbocycles. The van der Waals surface area contributed by atoms with E-state index >= 15 is 0 Å². The predicted octanol–water partition coefficient (Wildman–Crippen LogP) is 4.17. The quantitative estimate of drug-likeness (QED) is 0.598. The van der Waals surface area contributed by atoms with Gasteiger partial charge in [0.15, 0.2) is 5.78 Å². The van der Waals surface area contributed by atoms with Crippen LogP contribution in [-0.4, -0.2) is 26.6 Å². The molecule has 1 aliphatic heterocycles. The number of ketones is 1. The molecule has 1 amide bonds. The number of carbonyl (C=O) groups is 2. The molecule has 1 atom stereocenters. The number of aryl methyl sites for hydroxylation is 1. The molecule has 3 N–H and O–H groups in total. The van der Waals surface area contributed by atoms with Crippen LogP contribution in [0.15, 0.2) is 66.0 Å². The van der Waals surface area contributed by atoms with Crippen LogP contribution in [0.1, 0.15) is 46.8 Å². The summed E-state index contributed by atoms with van der Waals surface area (Å²) in [6, 6.07) is 13.9. The van der Waals surface area contributed by atoms with Gasteiger partial charge in [-0.15, -0.1) is 0 Å². The number of anilines is 2. The minimum Gasteiger partial charge on any atom is -0.508 e. The Balaban J connectivity index is 1.56. The van der Waals surface area contributed by atoms with Crippen molar-refractivity contribution in [3.8, 4) is 5.75 Å². The van der Waals surface area contributed by atoms with Gasteiger partial charge in [-0.25, -0.2) is 4.68 Å². The number of rotatable bonds is 3. The van der Waals surface area contributed by atoms with Gasteiger partial charge in [0.25, 0.3) is 5.91 Å². The van der Waals surface area contributed by atoms with E-state index in [1.165, 1.54) is 6.20 Å². The fourth-order valence-electron chi connectivity index (χ4n) is 4.22. The normalized spacial score (nSPS) is 17.6. The highest BCUT2D eigenvalue weighted by atomic mass is 16.3. The summed E-state index contributed by atoms with van der Waals surface area (Å²) in [5.74, 6) is 0.531. The van der Waals surface area contributed by atoms with Gasteiger partial charge < -0.3 is 15.7 Å². The third kappa shape index (κ3) is 3.38. The summed E-state index contributed by atoms with van der Waals surface area (Å²) in [7, 11) is 0. The molecule has 0 unspecified atom stereocenters. The molecule has 0 spiro atoms. The monoisotopic (exact) mass is 414 g/mol. The van der Waals surface area contributed by atoms with Crippen LogP contribution < -0.4 is 10.6 Å². The number of Topliss-reactive ketones (excluding diaryl/α,β-unsaturated/α-hetero) is 1. The van der Waals surface area contributed by atoms with E-state index in [0.717, 1.165) is 29.7 Å². The number of phenols is 1. The molecule has 3 aromatic rings. The summed E-state index contributed by atoms with van der Waals surface area (Å²) in [6.45, 7) is 1.99. The Morgan fingerprint density at radius 2 is 1.87 bits per heavy atom. The maximum Gasteiger partial charge on any atom is 0.261 e. The highest BCUT2D eigenvalue weighted by Gasteiger charge is 2.37. The van der Waals surface area contributed by atoms with Crippen LogP contribution in [-0.2, 0) is 4.79 Å². The summed E-state index contributed by atoms with van der Waals surface area (Å²) < 4.78 is 1.69. The minimum absolute atomic E-state index is 0.0821. The zero-order valence-electron chi connectivity index (χ0n) is 17.1. The second-order valence-corrected chi connectivity index (χ2v) is 7.96. The third-order valence-electron chi connectivity index (χ3n) is 5.80. The molecule has 31 heavy (non-hydrogen) atoms. The molecule has 7 heteroatoms. The molecule has 0 saturated carbocycles. The van der Waals surface area contributed by atoms with Crippen LogP contribution in [0.5, 0.6) is 5.75 Å². The van der Waals surface area contributed by atoms with Gasteiger partial charge in [0.1, 0.15) is 23.2 Å². The highest BCUT2D eigenvalue weighted by Crippen LogP contribution is 2.41. The molecule has 156 valence electrons. The number of aromatic hydroxyl groups is 1. The molecule has 2 aromatic carbocycles. The fraction of sp³-hybridized carbons (Fsp3) is 0.208. The van der Waals surface area contributed by atoms with E-state index in [0.29, 0.717) is 29.1 Å². The highest BCUT2D eigenvalue weighted by molar-refractivity contribution is 6.08. The Bertz CT molecular complexity index is 1210. The van der Waals surface area contributed by atoms with Crippen LogP contribution in [0.3, 0.4) is 0 Å². The molecule has 0 saturated heterocycles. The molecular formula is C24H22N4O3. The van der Waals surface area contributed by atoms with Crippen LogP contribution in [0.25, 0.3) is 0 Å². The molecule has 2 aliphatic rings. The number of fused-ring (bicyclic) bond motifs is 1. The maximum atomic E-state index is 13.0. The molecule has 2 heterocycles. The SMILES string of the molecule is Cc1ccc(NC(=O)c2cnn3c2NC2=C(C(=O)CCC2)[C@H]3c2ccc(O)cc2)cc1. The Hall–Kier alpha value is -3.87. The van der Waals surface area contributed by atoms with Crippen molar-refractivity contribution in [3.05, 3.63) is 82.7 Å². The Kier molecular flexibility index (Phi) is 4.58. The van der Waals surface area contributed by atoms with Crippen molar-refractivity contribution in [2.45, 2.75) is 32.2 Å². The van der Waals surface area contributed by atoms with Crippen molar-refractivity contribution in [2.75, 3.05) is 10.6 Å². The Morgan fingerprint density at radius 1 is 1.13 bits per heavy atom. The van der Waals surface area contributed by atoms with Crippen molar-refractivity contribution < 1.29 is 14.7 Å². The van der Waals surface area contributed by atoms with Crippen LogP contribution in [0, 0.1) is 6.92 Å². The predicted molar refractivity (Wildman–Crippen MR) is 117 cm³/mol. The summed E-state index contributed by atoms with van der Waals surface area (Å²) in [6.07, 6.45) is 3.53. The molecule has 7 nitrogen and oxygen atoms in total. The fourth-order valence-corrected chi connectivity index (χ4v) is 4.22. The van der Waals surface area contributed by atoms with Crippen molar-refractivity contribution in [1.29, 1.82) is 0 Å². The lowest BCUT2D eigenvalue weighted by atomic mass is 9.85. The van der Waals surface area contributed by atoms with E-state index in [9.17, 15) is 14.7 Å². The van der Waals surface area contributed by atoms with Gasteiger partial charge in [-0.05, 0) is 49.6 Å². The number of benzene rings is 2. The van der Waals surface area contributed by atoms with Gasteiger partial charge >= 0.3 is 0 Å². The molecule has 0 fully saturated rings. The van der Waals surface area contributed by atoms with Crippen LogP contribution in [0.2, 0.25) is 0 Å². The zero-order valence-corrected chi connectivity index (χ0v) is 17.1. The molecule has 0 radical (unpaired) electrons. The van der Waals surface area contributed by atoms with Crippen LogP contribution >= 0.6 is 0 Å². The first kappa shape index (κ1) is 19.1. The van der Waals surface area contributed by atoms with E-state index < -0.39 is 6.04 Å². The molecule has 1 aromatic heterocycles. The Labute approximate surface area is 179 Å². The van der Waals surface area contributed by atoms with Gasteiger partial charge in [0.05, 0.1) is 6.20 Å². The largest absolute Gasteiger partial charge is 0.508 e. The molecular weight excluding hydrogens is 392 g/mol. The first-order chi connectivity index (χ1) is 15.0. The molecule has 5 rings (SSSR count). The number of nitrogens with one attached hydrogen (secondary N) is 2. The number of phenolic OH excluding ortho intramolecular Hbond substituents is 1. The lowest BCUT2D eigenvalue weighted by molar-refractivity contribution is -0.116. The second kappa shape index (κ2) is 7.43. The number of allylic oxidation sites excluding steroid dienone is 2. The average molecular weight is 414 g/mol. The van der Waals surface area contributed by atoms with Crippen LogP contribution in [0.4, 0.5) is 11.5 Å². The number of amides is 1. The average Bonchev–Trinajstić information content (AvgIpc) is 3.18. The smallest absolute Gasteiger partial charge is 0.261 e. The number of nitrogens with zero attached hydrogens (tertiary/aromatic N) is 2. The van der Waals surface area contributed by atoms with E-state index in [-0.39, 0.29) is 17.4 Å². The van der Waals surface area contributed by atoms with Crippen molar-refractivity contribution in [2.24, 2.45) is 0 Å². The van der Waals surface area contributed by atoms with E-state index in [1.807, 2.05) is 31.2 Å². The van der Waals surface area contributed by atoms with E-state index in [2.05, 4.69) is 15.7 Å². The number of hydrogen-bond donors (Lipinski definition) is 3. The molecule has 0 bridgehead atoms. The van der Waals surface area contributed by atoms with Crippen molar-refractivity contribution in [3.63, 3.8) is 0 Å². The standard InChI is InChI=1S/C24H22N4O3/c1-14-5-9-16(10-6-14)26-24(31)18-13-25-28-22(15-7-11-17(29)12-8-15)21-19(27-23(18)28)3-2-4-20(21)30/h5-13,22,27,29H,2-4H2,1H3,(H,26,31)/t22-/m1/s1. The van der Waals surface area contributed by atoms with Gasteiger partial charge in [-0.3, -0.25) is 9.59 Å². The summed E-state index contributed by atoms with van der Waals surface area (Å²) in [5.41, 5.74) is 4.57. The first-order valence-corrected chi connectivity index (χ1v) is 10.3. The lowest BCUT2D eigenvalue weighted by Gasteiger charge is -2.33. The van der Waals surface area contributed by atoms with E-state index in [1.54, 1.807) is 28.9 Å². The third-order valence-corrected chi connectivity index (χ3v) is 5.80. The summed E-state index contributed by atoms with van der Waals surface area (Å²) in [5, 5.41) is 20.4. The second-order valence-electron chi connectivity index (χ2n) is 7.96. The van der Waals surface area contributed by atoms with Gasteiger partial charge in [-0.2, -0.15) is 5.10 Å². The van der Waals surface area contributed by atoms with Gasteiger partial charge in [-0.1, -0.05) is 29.8 Å². The summed E-state index contributed by atoms with van der Waals surface area (Å²) in [4.78, 5) is 25.9. The van der Waals surface area contributed by atoms with E-state index in [4.69, 9.17) is 0 Å². The Morgan fingerprint density at radius 3 is 2.61 bits per heavy atom. The maximum absolute atomic E-state index is 13.0. The number of aromatic nitrogens is 2. The number of carbonyl (C=O) groups excluding carboxylic acids is 2.